The summed E-state index contributed by atoms with van der Waals surface area (Å²) in [4.78, 5) is 44.9. The summed E-state index contributed by atoms with van der Waals surface area (Å²) in [7, 11) is 0. The molecule has 152 valence electrons. The van der Waals surface area contributed by atoms with Crippen LogP contribution in [0.2, 0.25) is 0 Å². The van der Waals surface area contributed by atoms with Crippen molar-refractivity contribution >= 4 is 51.0 Å². The second-order valence-electron chi connectivity index (χ2n) is 6.71. The molecule has 0 fully saturated rings. The van der Waals surface area contributed by atoms with Crippen LogP contribution in [0.5, 0.6) is 0 Å². The van der Waals surface area contributed by atoms with Gasteiger partial charge in [-0.15, -0.1) is 0 Å². The summed E-state index contributed by atoms with van der Waals surface area (Å²) in [6, 6.07) is 16.9. The summed E-state index contributed by atoms with van der Waals surface area (Å²) in [6.45, 7) is 0. The Kier molecular flexibility index (Phi) is 6.01. The van der Waals surface area contributed by atoms with Crippen LogP contribution in [0.15, 0.2) is 69.0 Å². The number of thioether (sulfide) groups is 1. The molecule has 3 N–H and O–H groups in total. The van der Waals surface area contributed by atoms with E-state index in [1.165, 1.54) is 11.8 Å². The topological polar surface area (TPSA) is 104 Å². The Morgan fingerprint density at radius 2 is 1.97 bits per heavy atom. The maximum atomic E-state index is 12.8. The molecule has 2 amide bonds. The first-order chi connectivity index (χ1) is 14.5. The predicted molar refractivity (Wildman–Crippen MR) is 120 cm³/mol. The summed E-state index contributed by atoms with van der Waals surface area (Å²) in [6.07, 6.45) is -0.117. The molecule has 0 spiro atoms. The molecule has 0 saturated carbocycles. The van der Waals surface area contributed by atoms with Crippen molar-refractivity contribution in [2.24, 2.45) is 0 Å². The van der Waals surface area contributed by atoms with Gasteiger partial charge in [0.1, 0.15) is 5.82 Å². The molecule has 1 unspecified atom stereocenters. The minimum atomic E-state index is -0.919. The zero-order chi connectivity index (χ0) is 21.1. The molecule has 0 aliphatic carbocycles. The van der Waals surface area contributed by atoms with Crippen LogP contribution < -0.4 is 16.2 Å². The van der Waals surface area contributed by atoms with Crippen molar-refractivity contribution in [3.63, 3.8) is 0 Å². The van der Waals surface area contributed by atoms with Gasteiger partial charge in [0.2, 0.25) is 11.8 Å². The number of rotatable bonds is 5. The van der Waals surface area contributed by atoms with E-state index in [0.29, 0.717) is 16.6 Å². The number of hydrogen-bond donors (Lipinski definition) is 3. The summed E-state index contributed by atoms with van der Waals surface area (Å²) in [5.74, 6) is -0.948. The molecule has 30 heavy (non-hydrogen) atoms. The fourth-order valence-corrected chi connectivity index (χ4v) is 4.38. The first-order valence-corrected chi connectivity index (χ1v) is 10.9. The van der Waals surface area contributed by atoms with Crippen LogP contribution in [0.1, 0.15) is 23.5 Å². The number of benzene rings is 2. The maximum Gasteiger partial charge on any atom is 0.257 e. The van der Waals surface area contributed by atoms with Crippen molar-refractivity contribution in [2.75, 3.05) is 10.6 Å². The van der Waals surface area contributed by atoms with Gasteiger partial charge in [-0.2, -0.15) is 0 Å². The lowest BCUT2D eigenvalue weighted by molar-refractivity contribution is -0.123. The van der Waals surface area contributed by atoms with E-state index >= 15 is 0 Å². The minimum Gasteiger partial charge on any atom is -0.326 e. The van der Waals surface area contributed by atoms with Crippen molar-refractivity contribution in [3.05, 3.63) is 80.6 Å². The first-order valence-electron chi connectivity index (χ1n) is 9.17. The Morgan fingerprint density at radius 3 is 2.73 bits per heavy atom. The zero-order valence-electron chi connectivity index (χ0n) is 15.6. The molecule has 2 heterocycles. The number of halogens is 1. The number of fused-ring (bicyclic) bond motifs is 1. The third-order valence-corrected chi connectivity index (χ3v) is 5.99. The molecule has 1 aromatic heterocycles. The molecule has 4 rings (SSSR count). The number of anilines is 2. The van der Waals surface area contributed by atoms with Gasteiger partial charge in [0, 0.05) is 22.3 Å². The molecule has 0 bridgehead atoms. The fraction of sp³-hybridized carbons (Fsp3) is 0.143. The summed E-state index contributed by atoms with van der Waals surface area (Å²) in [5.41, 5.74) is 1.40. The Bertz CT molecular complexity index is 1170. The Morgan fingerprint density at radius 1 is 1.17 bits per heavy atom. The van der Waals surface area contributed by atoms with Gasteiger partial charge in [0.15, 0.2) is 5.16 Å². The monoisotopic (exact) mass is 484 g/mol. The Balaban J connectivity index is 1.58. The second-order valence-corrected chi connectivity index (χ2v) is 8.59. The smallest absolute Gasteiger partial charge is 0.257 e. The number of aromatic amines is 1. The summed E-state index contributed by atoms with van der Waals surface area (Å²) < 4.78 is 0.807. The molecule has 1 aliphatic rings. The minimum absolute atomic E-state index is 0.117. The molecule has 1 atom stereocenters. The van der Waals surface area contributed by atoms with Crippen LogP contribution in [0, 0.1) is 0 Å². The molecule has 0 radical (unpaired) electrons. The fourth-order valence-electron chi connectivity index (χ4n) is 3.16. The molecule has 7 nitrogen and oxygen atoms in total. The summed E-state index contributed by atoms with van der Waals surface area (Å²) in [5, 5.41) is 5.78. The maximum absolute atomic E-state index is 12.8. The van der Waals surface area contributed by atoms with E-state index in [2.05, 4.69) is 36.5 Å². The third kappa shape index (κ3) is 4.63. The number of carbonyl (C=O) groups is 2. The van der Waals surface area contributed by atoms with Gasteiger partial charge >= 0.3 is 0 Å². The Hall–Kier alpha value is -2.91. The number of amides is 2. The lowest BCUT2D eigenvalue weighted by atomic mass is 9.92. The largest absolute Gasteiger partial charge is 0.326 e. The van der Waals surface area contributed by atoms with Crippen molar-refractivity contribution in [1.82, 2.24) is 9.97 Å². The SMILES string of the molecule is O=C1CC(C(=O)Nc2cccc(Br)c2)c2c(nc(SCc3ccccc3)[nH]c2=O)N1. The number of hydrogen-bond acceptors (Lipinski definition) is 5. The van der Waals surface area contributed by atoms with Gasteiger partial charge in [0.05, 0.1) is 11.5 Å². The Labute approximate surface area is 184 Å². The third-order valence-electron chi connectivity index (χ3n) is 4.56. The van der Waals surface area contributed by atoms with Crippen molar-refractivity contribution in [1.29, 1.82) is 0 Å². The zero-order valence-corrected chi connectivity index (χ0v) is 18.0. The molecule has 0 saturated heterocycles. The van der Waals surface area contributed by atoms with Gasteiger partial charge in [-0.3, -0.25) is 14.4 Å². The number of aromatic nitrogens is 2. The van der Waals surface area contributed by atoms with Crippen LogP contribution in [-0.2, 0) is 15.3 Å². The average molecular weight is 485 g/mol. The van der Waals surface area contributed by atoms with Crippen LogP contribution in [0.3, 0.4) is 0 Å². The van der Waals surface area contributed by atoms with Crippen LogP contribution in [0.25, 0.3) is 0 Å². The highest BCUT2D eigenvalue weighted by molar-refractivity contribution is 9.10. The normalized spacial score (nSPS) is 15.2. The number of H-pyrrole nitrogens is 1. The second kappa shape index (κ2) is 8.85. The highest BCUT2D eigenvalue weighted by Gasteiger charge is 2.34. The van der Waals surface area contributed by atoms with Crippen LogP contribution >= 0.6 is 27.7 Å². The highest BCUT2D eigenvalue weighted by atomic mass is 79.9. The van der Waals surface area contributed by atoms with Crippen molar-refractivity contribution < 1.29 is 9.59 Å². The molecular weight excluding hydrogens is 468 g/mol. The standard InChI is InChI=1S/C21H17BrN4O3S/c22-13-7-4-8-14(9-13)23-19(28)15-10-16(27)24-18-17(15)20(29)26-21(25-18)30-11-12-5-2-1-3-6-12/h1-9,15H,10-11H2,(H,23,28)(H2,24,25,26,27,29). The van der Waals surface area contributed by atoms with Crippen LogP contribution in [-0.4, -0.2) is 21.8 Å². The highest BCUT2D eigenvalue weighted by Crippen LogP contribution is 2.31. The van der Waals surface area contributed by atoms with E-state index in [-0.39, 0.29) is 23.7 Å². The van der Waals surface area contributed by atoms with Gasteiger partial charge < -0.3 is 15.6 Å². The van der Waals surface area contributed by atoms with Crippen molar-refractivity contribution in [2.45, 2.75) is 23.2 Å². The molecular formula is C21H17BrN4O3S. The van der Waals surface area contributed by atoms with Gasteiger partial charge in [-0.05, 0) is 23.8 Å². The van der Waals surface area contributed by atoms with Crippen molar-refractivity contribution in [3.8, 4) is 0 Å². The number of carbonyl (C=O) groups excluding carboxylic acids is 2. The van der Waals surface area contributed by atoms with Gasteiger partial charge in [-0.1, -0.05) is 64.1 Å². The lowest BCUT2D eigenvalue weighted by Crippen LogP contribution is -2.36. The first kappa shape index (κ1) is 20.4. The predicted octanol–water partition coefficient (Wildman–Crippen LogP) is 3.89. The van der Waals surface area contributed by atoms with E-state index in [1.807, 2.05) is 36.4 Å². The van der Waals surface area contributed by atoms with E-state index in [0.717, 1.165) is 10.0 Å². The number of nitrogens with one attached hydrogen (secondary N) is 3. The molecule has 2 aromatic carbocycles. The van der Waals surface area contributed by atoms with Crippen LogP contribution in [0.4, 0.5) is 11.5 Å². The lowest BCUT2D eigenvalue weighted by Gasteiger charge is -2.23. The van der Waals surface area contributed by atoms with E-state index in [4.69, 9.17) is 0 Å². The molecule has 9 heteroatoms. The van der Waals surface area contributed by atoms with E-state index in [9.17, 15) is 14.4 Å². The molecule has 1 aliphatic heterocycles. The summed E-state index contributed by atoms with van der Waals surface area (Å²) >= 11 is 4.70. The average Bonchev–Trinajstić information content (AvgIpc) is 2.72. The van der Waals surface area contributed by atoms with Gasteiger partial charge in [-0.25, -0.2) is 4.98 Å². The molecule has 3 aromatic rings. The van der Waals surface area contributed by atoms with E-state index in [1.54, 1.807) is 18.2 Å². The quantitative estimate of drug-likeness (QED) is 0.376. The number of nitrogens with zero attached hydrogens (tertiary/aromatic N) is 1. The van der Waals surface area contributed by atoms with E-state index < -0.39 is 17.4 Å². The van der Waals surface area contributed by atoms with Gasteiger partial charge in [0.25, 0.3) is 5.56 Å².